The Morgan fingerprint density at radius 1 is 0.625 bits per heavy atom. The van der Waals surface area contributed by atoms with Crippen LogP contribution in [0.15, 0.2) is 0 Å². The van der Waals surface area contributed by atoms with Crippen molar-refractivity contribution >= 4 is 26.0 Å². The summed E-state index contributed by atoms with van der Waals surface area (Å²) < 4.78 is 26.9. The quantitative estimate of drug-likeness (QED) is 0.127. The zero-order valence-electron chi connectivity index (χ0n) is 15.7. The molecule has 0 rings (SSSR count). The number of rotatable bonds is 19. The van der Waals surface area contributed by atoms with Crippen LogP contribution >= 0.6 is 15.9 Å². The summed E-state index contributed by atoms with van der Waals surface area (Å²) in [5, 5.41) is 0. The van der Waals surface area contributed by atoms with Crippen molar-refractivity contribution in [3.63, 3.8) is 0 Å². The molecule has 0 bridgehead atoms. The van der Waals surface area contributed by atoms with Gasteiger partial charge in [0, 0.05) is 0 Å². The Bertz CT molecular complexity index is 345. The maximum absolute atomic E-state index is 11.1. The molecule has 0 saturated carbocycles. The SMILES string of the molecule is CCCCCCCCCCCCCCCCCCOS(=O)(=O)CBr. The summed E-state index contributed by atoms with van der Waals surface area (Å²) in [6, 6.07) is 0. The van der Waals surface area contributed by atoms with Crippen molar-refractivity contribution in [2.24, 2.45) is 0 Å². The van der Waals surface area contributed by atoms with Gasteiger partial charge in [-0.1, -0.05) is 119 Å². The van der Waals surface area contributed by atoms with Gasteiger partial charge in [0.25, 0.3) is 10.1 Å². The summed E-state index contributed by atoms with van der Waals surface area (Å²) in [7, 11) is -3.32. The number of hydrogen-bond donors (Lipinski definition) is 0. The van der Waals surface area contributed by atoms with Crippen LogP contribution in [0.5, 0.6) is 0 Å². The topological polar surface area (TPSA) is 43.4 Å². The summed E-state index contributed by atoms with van der Waals surface area (Å²) in [6.07, 6.45) is 21.1. The van der Waals surface area contributed by atoms with Gasteiger partial charge in [0.2, 0.25) is 0 Å². The average molecular weight is 427 g/mol. The lowest BCUT2D eigenvalue weighted by molar-refractivity contribution is 0.309. The molecule has 0 saturated heterocycles. The van der Waals surface area contributed by atoms with Gasteiger partial charge in [0.05, 0.1) is 6.61 Å². The second-order valence-corrected chi connectivity index (χ2v) is 9.73. The molecule has 0 aromatic rings. The first-order valence-corrected chi connectivity index (χ1v) is 12.8. The lowest BCUT2D eigenvalue weighted by atomic mass is 10.0. The normalized spacial score (nSPS) is 11.9. The number of hydrogen-bond acceptors (Lipinski definition) is 3. The highest BCUT2D eigenvalue weighted by atomic mass is 79.9. The van der Waals surface area contributed by atoms with E-state index in [1.807, 2.05) is 0 Å². The van der Waals surface area contributed by atoms with E-state index in [1.165, 1.54) is 89.9 Å². The van der Waals surface area contributed by atoms with Crippen molar-refractivity contribution in [1.82, 2.24) is 0 Å². The van der Waals surface area contributed by atoms with Crippen LogP contribution in [-0.2, 0) is 14.3 Å². The van der Waals surface area contributed by atoms with E-state index in [9.17, 15) is 8.42 Å². The van der Waals surface area contributed by atoms with E-state index in [4.69, 9.17) is 4.18 Å². The highest BCUT2D eigenvalue weighted by Crippen LogP contribution is 2.13. The largest absolute Gasteiger partial charge is 0.277 e. The fourth-order valence-corrected chi connectivity index (χ4v) is 3.70. The lowest BCUT2D eigenvalue weighted by Gasteiger charge is -2.04. The fraction of sp³-hybridized carbons (Fsp3) is 1.00. The van der Waals surface area contributed by atoms with E-state index in [0.717, 1.165) is 12.8 Å². The number of alkyl halides is 1. The molecule has 0 aliphatic heterocycles. The van der Waals surface area contributed by atoms with E-state index in [1.54, 1.807) is 0 Å². The van der Waals surface area contributed by atoms with E-state index in [2.05, 4.69) is 22.9 Å². The molecule has 0 amide bonds. The van der Waals surface area contributed by atoms with Gasteiger partial charge >= 0.3 is 0 Å². The lowest BCUT2D eigenvalue weighted by Crippen LogP contribution is -2.07. The number of halogens is 1. The maximum atomic E-state index is 11.1. The van der Waals surface area contributed by atoms with Crippen LogP contribution in [0.1, 0.15) is 110 Å². The molecule has 5 heteroatoms. The summed E-state index contributed by atoms with van der Waals surface area (Å²) in [4.78, 5) is 0. The first-order chi connectivity index (χ1) is 11.6. The average Bonchev–Trinajstić information content (AvgIpc) is 2.57. The Labute approximate surface area is 159 Å². The summed E-state index contributed by atoms with van der Waals surface area (Å²) >= 11 is 2.91. The third-order valence-electron chi connectivity index (χ3n) is 4.39. The minimum absolute atomic E-state index is 0.112. The highest BCUT2D eigenvalue weighted by Gasteiger charge is 2.07. The zero-order chi connectivity index (χ0) is 17.9. The van der Waals surface area contributed by atoms with Gasteiger partial charge in [-0.25, -0.2) is 0 Å². The molecule has 0 fully saturated rings. The van der Waals surface area contributed by atoms with Gasteiger partial charge in [-0.15, -0.1) is 0 Å². The van der Waals surface area contributed by atoms with Crippen LogP contribution in [0, 0.1) is 0 Å². The minimum Gasteiger partial charge on any atom is -0.269 e. The predicted molar refractivity (Wildman–Crippen MR) is 108 cm³/mol. The molecule has 3 nitrogen and oxygen atoms in total. The molecule has 0 radical (unpaired) electrons. The van der Waals surface area contributed by atoms with Gasteiger partial charge in [-0.2, -0.15) is 8.42 Å². The molecule has 0 spiro atoms. The Kier molecular flexibility index (Phi) is 18.5. The Morgan fingerprint density at radius 2 is 0.958 bits per heavy atom. The van der Waals surface area contributed by atoms with E-state index in [0.29, 0.717) is 6.61 Å². The van der Waals surface area contributed by atoms with E-state index >= 15 is 0 Å². The minimum atomic E-state index is -3.32. The van der Waals surface area contributed by atoms with Crippen molar-refractivity contribution in [3.05, 3.63) is 0 Å². The van der Waals surface area contributed by atoms with Crippen LogP contribution in [0.25, 0.3) is 0 Å². The molecule has 146 valence electrons. The summed E-state index contributed by atoms with van der Waals surface area (Å²) in [6.45, 7) is 2.60. The van der Waals surface area contributed by atoms with Crippen molar-refractivity contribution in [3.8, 4) is 0 Å². The Balaban J connectivity index is 3.08. The molecule has 0 N–H and O–H groups in total. The predicted octanol–water partition coefficient (Wildman–Crippen LogP) is 6.95. The van der Waals surface area contributed by atoms with Gasteiger partial charge in [-0.3, -0.25) is 4.18 Å². The fourth-order valence-electron chi connectivity index (χ4n) is 2.87. The molecule has 0 atom stereocenters. The van der Waals surface area contributed by atoms with Crippen molar-refractivity contribution in [2.45, 2.75) is 110 Å². The van der Waals surface area contributed by atoms with E-state index in [-0.39, 0.29) is 4.66 Å². The molecule has 0 aromatic carbocycles. The molecule has 0 aliphatic rings. The third kappa shape index (κ3) is 18.7. The molecule has 0 aliphatic carbocycles. The van der Waals surface area contributed by atoms with Crippen LogP contribution in [0.4, 0.5) is 0 Å². The van der Waals surface area contributed by atoms with Crippen LogP contribution in [0.2, 0.25) is 0 Å². The van der Waals surface area contributed by atoms with Crippen molar-refractivity contribution in [2.75, 3.05) is 11.3 Å². The Hall–Kier alpha value is 0.390. The molecule has 24 heavy (non-hydrogen) atoms. The summed E-state index contributed by atoms with van der Waals surface area (Å²) in [5.41, 5.74) is 0. The smallest absolute Gasteiger partial charge is 0.269 e. The first-order valence-electron chi connectivity index (χ1n) is 10.1. The standard InChI is InChI=1S/C19H39BrO3S/c1-2-3-4-5-6-7-8-9-10-11-12-13-14-15-16-17-18-23-24(21,22)19-20/h2-19H2,1H3. The molecular weight excluding hydrogens is 388 g/mol. The van der Waals surface area contributed by atoms with Gasteiger partial charge in [-0.05, 0) is 6.42 Å². The summed E-state index contributed by atoms with van der Waals surface area (Å²) in [5.74, 6) is 0. The van der Waals surface area contributed by atoms with E-state index < -0.39 is 10.1 Å². The van der Waals surface area contributed by atoms with Gasteiger partial charge in [0.1, 0.15) is 4.66 Å². The molecule has 0 aromatic heterocycles. The maximum Gasteiger partial charge on any atom is 0.277 e. The van der Waals surface area contributed by atoms with Crippen LogP contribution in [0.3, 0.4) is 0 Å². The first kappa shape index (κ1) is 24.4. The highest BCUT2D eigenvalue weighted by molar-refractivity contribution is 9.10. The van der Waals surface area contributed by atoms with Crippen molar-refractivity contribution < 1.29 is 12.6 Å². The second-order valence-electron chi connectivity index (χ2n) is 6.79. The van der Waals surface area contributed by atoms with Gasteiger partial charge in [0.15, 0.2) is 0 Å². The van der Waals surface area contributed by atoms with Gasteiger partial charge < -0.3 is 0 Å². The molecule has 0 unspecified atom stereocenters. The zero-order valence-corrected chi connectivity index (χ0v) is 18.1. The second kappa shape index (κ2) is 18.2. The van der Waals surface area contributed by atoms with Crippen LogP contribution < -0.4 is 0 Å². The molecular formula is C19H39BrO3S. The Morgan fingerprint density at radius 3 is 1.29 bits per heavy atom. The van der Waals surface area contributed by atoms with Crippen LogP contribution in [-0.4, -0.2) is 19.7 Å². The monoisotopic (exact) mass is 426 g/mol. The van der Waals surface area contributed by atoms with Crippen molar-refractivity contribution in [1.29, 1.82) is 0 Å². The third-order valence-corrected chi connectivity index (χ3v) is 6.87. The number of unbranched alkanes of at least 4 members (excludes halogenated alkanes) is 15. The molecule has 0 heterocycles.